The van der Waals surface area contributed by atoms with Crippen LogP contribution < -0.4 is 10.0 Å². The molecule has 0 saturated heterocycles. The second-order valence-electron chi connectivity index (χ2n) is 7.60. The molecule has 2 N–H and O–H groups in total. The highest BCUT2D eigenvalue weighted by Crippen LogP contribution is 2.23. The Labute approximate surface area is 187 Å². The normalized spacial score (nSPS) is 11.3. The number of nitrogens with two attached hydrogens (primary N) is 1. The minimum absolute atomic E-state index is 0.00487. The van der Waals surface area contributed by atoms with E-state index >= 15 is 0 Å². The maximum atomic E-state index is 12.8. The third kappa shape index (κ3) is 4.90. The van der Waals surface area contributed by atoms with Gasteiger partial charge >= 0.3 is 5.97 Å². The summed E-state index contributed by atoms with van der Waals surface area (Å²) in [6.07, 6.45) is 0. The van der Waals surface area contributed by atoms with Crippen molar-refractivity contribution in [2.24, 2.45) is 5.14 Å². The minimum atomic E-state index is -3.79. The summed E-state index contributed by atoms with van der Waals surface area (Å²) in [6.45, 7) is 3.21. The number of hydrogen-bond donors (Lipinski definition) is 1. The quantitative estimate of drug-likeness (QED) is 0.433. The van der Waals surface area contributed by atoms with Gasteiger partial charge < -0.3 is 14.2 Å². The molecule has 0 fully saturated rings. The number of nitrogens with zero attached hydrogens (tertiary/aromatic N) is 2. The van der Waals surface area contributed by atoms with E-state index in [-0.39, 0.29) is 17.3 Å². The van der Waals surface area contributed by atoms with Crippen LogP contribution in [0.5, 0.6) is 0 Å². The van der Waals surface area contributed by atoms with Gasteiger partial charge in [0.15, 0.2) is 6.61 Å². The Morgan fingerprint density at radius 2 is 1.69 bits per heavy atom. The molecule has 3 rings (SSSR count). The molecule has 0 saturated carbocycles. The number of ether oxygens (including phenoxy) is 1. The Balaban J connectivity index is 1.77. The van der Waals surface area contributed by atoms with Gasteiger partial charge in [-0.2, -0.15) is 0 Å². The number of carbonyl (C=O) groups excluding carboxylic acids is 2. The molecule has 0 spiro atoms. The molecule has 2 aromatic carbocycles. The molecule has 9 heteroatoms. The maximum Gasteiger partial charge on any atom is 0.338 e. The molecule has 168 valence electrons. The predicted octanol–water partition coefficient (Wildman–Crippen LogP) is 2.85. The lowest BCUT2D eigenvalue weighted by Gasteiger charge is -2.13. The molecule has 32 heavy (non-hydrogen) atoms. The van der Waals surface area contributed by atoms with Gasteiger partial charge in [-0.05, 0) is 62.4 Å². The van der Waals surface area contributed by atoms with Crippen molar-refractivity contribution in [1.29, 1.82) is 0 Å². The monoisotopic (exact) mass is 455 g/mol. The molecule has 0 aliphatic heterocycles. The number of carbonyl (C=O) groups is 2. The molecule has 0 amide bonds. The molecule has 0 aliphatic rings. The Hall–Kier alpha value is -3.43. The van der Waals surface area contributed by atoms with Gasteiger partial charge in [-0.25, -0.2) is 18.4 Å². The van der Waals surface area contributed by atoms with Crippen LogP contribution in [0.25, 0.3) is 5.69 Å². The summed E-state index contributed by atoms with van der Waals surface area (Å²) < 4.78 is 30.0. The van der Waals surface area contributed by atoms with Crippen LogP contribution in [0.15, 0.2) is 59.5 Å². The highest BCUT2D eigenvalue weighted by atomic mass is 32.2. The van der Waals surface area contributed by atoms with Gasteiger partial charge in [0.2, 0.25) is 15.8 Å². The smallest absolute Gasteiger partial charge is 0.338 e. The summed E-state index contributed by atoms with van der Waals surface area (Å²) in [6, 6.07) is 14.7. The summed E-state index contributed by atoms with van der Waals surface area (Å²) in [4.78, 5) is 27.0. The SMILES string of the molecule is Cc1cc(C(=O)COC(=O)c2cccc(N(C)C)c2)c(C)n1-c1ccc(S(N)(=O)=O)cc1. The molecule has 0 aliphatic carbocycles. The van der Waals surface area contributed by atoms with Crippen molar-refractivity contribution in [3.63, 3.8) is 0 Å². The molecule has 1 heterocycles. The molecule has 0 unspecified atom stereocenters. The largest absolute Gasteiger partial charge is 0.454 e. The fraction of sp³-hybridized carbons (Fsp3) is 0.217. The Bertz CT molecular complexity index is 1280. The third-order valence-corrected chi connectivity index (χ3v) is 6.02. The first-order valence-electron chi connectivity index (χ1n) is 9.79. The van der Waals surface area contributed by atoms with Gasteiger partial charge in [-0.3, -0.25) is 4.79 Å². The van der Waals surface area contributed by atoms with E-state index in [1.807, 2.05) is 36.6 Å². The number of ketones is 1. The summed E-state index contributed by atoms with van der Waals surface area (Å²) in [5.41, 5.74) is 3.75. The summed E-state index contributed by atoms with van der Waals surface area (Å²) >= 11 is 0. The number of benzene rings is 2. The van der Waals surface area contributed by atoms with E-state index in [0.717, 1.165) is 11.4 Å². The number of aryl methyl sites for hydroxylation is 1. The third-order valence-electron chi connectivity index (χ3n) is 5.09. The van der Waals surface area contributed by atoms with Crippen LogP contribution in [0.4, 0.5) is 5.69 Å². The zero-order valence-corrected chi connectivity index (χ0v) is 19.1. The van der Waals surface area contributed by atoms with Gasteiger partial charge in [0.1, 0.15) is 0 Å². The van der Waals surface area contributed by atoms with Crippen molar-refractivity contribution in [2.75, 3.05) is 25.6 Å². The minimum Gasteiger partial charge on any atom is -0.454 e. The molecule has 0 radical (unpaired) electrons. The standard InChI is InChI=1S/C23H25N3O5S/c1-15-12-21(16(2)26(15)18-8-10-20(11-9-18)32(24,29)30)22(27)14-31-23(28)17-6-5-7-19(13-17)25(3)4/h5-13H,14H2,1-4H3,(H2,24,29,30). The summed E-state index contributed by atoms with van der Waals surface area (Å²) in [5, 5.41) is 5.15. The first-order chi connectivity index (χ1) is 15.0. The van der Waals surface area contributed by atoms with Gasteiger partial charge in [-0.1, -0.05) is 6.07 Å². The van der Waals surface area contributed by atoms with Crippen molar-refractivity contribution in [3.05, 3.63) is 77.1 Å². The zero-order chi connectivity index (χ0) is 23.6. The van der Waals surface area contributed by atoms with Crippen LogP contribution in [-0.4, -0.2) is 45.4 Å². The number of primary sulfonamides is 1. The van der Waals surface area contributed by atoms with E-state index in [9.17, 15) is 18.0 Å². The summed E-state index contributed by atoms with van der Waals surface area (Å²) in [7, 11) is -0.0562. The lowest BCUT2D eigenvalue weighted by atomic mass is 10.1. The fourth-order valence-electron chi connectivity index (χ4n) is 3.43. The fourth-order valence-corrected chi connectivity index (χ4v) is 3.95. The van der Waals surface area contributed by atoms with Crippen molar-refractivity contribution < 1.29 is 22.7 Å². The second kappa shape index (κ2) is 8.97. The molecule has 0 bridgehead atoms. The molecule has 8 nitrogen and oxygen atoms in total. The average Bonchev–Trinajstić information content (AvgIpc) is 3.05. The molecule has 0 atom stereocenters. The van der Waals surface area contributed by atoms with E-state index < -0.39 is 16.0 Å². The Morgan fingerprint density at radius 1 is 1.03 bits per heavy atom. The lowest BCUT2D eigenvalue weighted by molar-refractivity contribution is 0.0474. The molecular weight excluding hydrogens is 430 g/mol. The maximum absolute atomic E-state index is 12.8. The second-order valence-corrected chi connectivity index (χ2v) is 9.16. The number of aromatic nitrogens is 1. The molecular formula is C23H25N3O5S. The van der Waals surface area contributed by atoms with Crippen molar-refractivity contribution >= 4 is 27.5 Å². The van der Waals surface area contributed by atoms with Gasteiger partial charge in [-0.15, -0.1) is 0 Å². The van der Waals surface area contributed by atoms with Crippen LogP contribution in [-0.2, 0) is 14.8 Å². The number of hydrogen-bond acceptors (Lipinski definition) is 6. The topological polar surface area (TPSA) is 112 Å². The number of sulfonamides is 1. The van der Waals surface area contributed by atoms with E-state index in [2.05, 4.69) is 0 Å². The van der Waals surface area contributed by atoms with Crippen LogP contribution in [0.2, 0.25) is 0 Å². The van der Waals surface area contributed by atoms with Crippen LogP contribution in [0.3, 0.4) is 0 Å². The van der Waals surface area contributed by atoms with Crippen molar-refractivity contribution in [2.45, 2.75) is 18.7 Å². The summed E-state index contributed by atoms with van der Waals surface area (Å²) in [5.74, 6) is -0.905. The van der Waals surface area contributed by atoms with Gasteiger partial charge in [0.25, 0.3) is 0 Å². The van der Waals surface area contributed by atoms with Crippen LogP contribution >= 0.6 is 0 Å². The van der Waals surface area contributed by atoms with Crippen LogP contribution in [0, 0.1) is 13.8 Å². The first kappa shape index (κ1) is 23.2. The lowest BCUT2D eigenvalue weighted by Crippen LogP contribution is -2.16. The zero-order valence-electron chi connectivity index (χ0n) is 18.3. The highest BCUT2D eigenvalue weighted by molar-refractivity contribution is 7.89. The highest BCUT2D eigenvalue weighted by Gasteiger charge is 2.19. The van der Waals surface area contributed by atoms with E-state index in [4.69, 9.17) is 9.88 Å². The van der Waals surface area contributed by atoms with Crippen molar-refractivity contribution in [1.82, 2.24) is 4.57 Å². The first-order valence-corrected chi connectivity index (χ1v) is 11.3. The van der Waals surface area contributed by atoms with E-state index in [0.29, 0.717) is 22.5 Å². The van der Waals surface area contributed by atoms with Gasteiger partial charge in [0.05, 0.1) is 10.5 Å². The molecule has 3 aromatic rings. The predicted molar refractivity (Wildman–Crippen MR) is 122 cm³/mol. The van der Waals surface area contributed by atoms with Gasteiger partial charge in [0, 0.05) is 42.4 Å². The average molecular weight is 456 g/mol. The number of Topliss-reactive ketones (excluding diaryl/α,β-unsaturated/α-hetero) is 1. The number of rotatable bonds is 7. The van der Waals surface area contributed by atoms with E-state index in [1.165, 1.54) is 12.1 Å². The number of anilines is 1. The Kier molecular flexibility index (Phi) is 6.52. The Morgan fingerprint density at radius 3 is 2.28 bits per heavy atom. The molecule has 1 aromatic heterocycles. The van der Waals surface area contributed by atoms with Crippen LogP contribution in [0.1, 0.15) is 32.1 Å². The van der Waals surface area contributed by atoms with Crippen molar-refractivity contribution in [3.8, 4) is 5.69 Å². The van der Waals surface area contributed by atoms with E-state index in [1.54, 1.807) is 43.3 Å². The number of esters is 1.